The highest BCUT2D eigenvalue weighted by molar-refractivity contribution is 5.94. The topological polar surface area (TPSA) is 87.9 Å². The van der Waals surface area contributed by atoms with Crippen LogP contribution in [0.4, 0.5) is 0 Å². The van der Waals surface area contributed by atoms with Crippen LogP contribution in [0.25, 0.3) is 5.69 Å². The van der Waals surface area contributed by atoms with Crippen LogP contribution in [-0.2, 0) is 9.53 Å². The van der Waals surface area contributed by atoms with Crippen LogP contribution >= 0.6 is 0 Å². The van der Waals surface area contributed by atoms with Crippen LogP contribution in [0.3, 0.4) is 0 Å². The van der Waals surface area contributed by atoms with E-state index in [2.05, 4.69) is 5.10 Å². The normalized spacial score (nSPS) is 17.3. The molecule has 8 heteroatoms. The Morgan fingerprint density at radius 1 is 1.30 bits per heavy atom. The predicted octanol–water partition coefficient (Wildman–Crippen LogP) is 1.04. The SMILES string of the molecule is Cc1ccn(-c2ccc(C(=O)N3CCOC(CN(C)CC(=O)O)C3)cc2)n1. The van der Waals surface area contributed by atoms with E-state index < -0.39 is 5.97 Å². The summed E-state index contributed by atoms with van der Waals surface area (Å²) in [7, 11) is 1.73. The highest BCUT2D eigenvalue weighted by Crippen LogP contribution is 2.14. The lowest BCUT2D eigenvalue weighted by atomic mass is 10.1. The van der Waals surface area contributed by atoms with Crippen LogP contribution < -0.4 is 0 Å². The third-order valence-electron chi connectivity index (χ3n) is 4.45. The summed E-state index contributed by atoms with van der Waals surface area (Å²) >= 11 is 0. The summed E-state index contributed by atoms with van der Waals surface area (Å²) < 4.78 is 7.46. The summed E-state index contributed by atoms with van der Waals surface area (Å²) in [5.41, 5.74) is 2.44. The number of aryl methyl sites for hydroxylation is 1. The Morgan fingerprint density at radius 2 is 2.04 bits per heavy atom. The lowest BCUT2D eigenvalue weighted by Gasteiger charge is -2.34. The van der Waals surface area contributed by atoms with Crippen molar-refractivity contribution in [1.29, 1.82) is 0 Å². The number of nitrogens with zero attached hydrogens (tertiary/aromatic N) is 4. The number of aromatic nitrogens is 2. The first kappa shape index (κ1) is 19.1. The Labute approximate surface area is 157 Å². The number of hydrogen-bond acceptors (Lipinski definition) is 5. The maximum Gasteiger partial charge on any atom is 0.317 e. The Morgan fingerprint density at radius 3 is 2.67 bits per heavy atom. The molecular formula is C19H24N4O4. The molecule has 0 spiro atoms. The number of carboxylic acid groups (broad SMARTS) is 1. The largest absolute Gasteiger partial charge is 0.480 e. The Kier molecular flexibility index (Phi) is 5.88. The van der Waals surface area contributed by atoms with Gasteiger partial charge in [0.1, 0.15) is 0 Å². The minimum atomic E-state index is -0.881. The molecule has 1 saturated heterocycles. The van der Waals surface area contributed by atoms with Crippen molar-refractivity contribution in [2.24, 2.45) is 0 Å². The average Bonchev–Trinajstić information content (AvgIpc) is 3.07. The van der Waals surface area contributed by atoms with E-state index in [1.54, 1.807) is 33.7 Å². The average molecular weight is 372 g/mol. The molecular weight excluding hydrogens is 348 g/mol. The van der Waals surface area contributed by atoms with E-state index in [0.717, 1.165) is 11.4 Å². The summed E-state index contributed by atoms with van der Waals surface area (Å²) in [4.78, 5) is 27.0. The molecule has 0 aliphatic carbocycles. The van der Waals surface area contributed by atoms with Gasteiger partial charge in [-0.05, 0) is 44.3 Å². The fourth-order valence-electron chi connectivity index (χ4n) is 3.16. The van der Waals surface area contributed by atoms with Gasteiger partial charge in [-0.3, -0.25) is 14.5 Å². The number of amides is 1. The number of likely N-dealkylation sites (N-methyl/N-ethyl adjacent to an activating group) is 1. The molecule has 1 aliphatic heterocycles. The number of aliphatic carboxylic acids is 1. The van der Waals surface area contributed by atoms with E-state index in [4.69, 9.17) is 9.84 Å². The molecule has 8 nitrogen and oxygen atoms in total. The maximum atomic E-state index is 12.8. The molecule has 0 radical (unpaired) electrons. The Balaban J connectivity index is 1.62. The standard InChI is InChI=1S/C19H24N4O4/c1-14-7-8-23(20-14)16-5-3-15(4-6-16)19(26)22-9-10-27-17(12-22)11-21(2)13-18(24)25/h3-8,17H,9-13H2,1-2H3,(H,24,25). The van der Waals surface area contributed by atoms with E-state index in [1.807, 2.05) is 31.3 Å². The molecule has 144 valence electrons. The molecule has 0 bridgehead atoms. The van der Waals surface area contributed by atoms with Gasteiger partial charge >= 0.3 is 5.97 Å². The molecule has 1 N–H and O–H groups in total. The summed E-state index contributed by atoms with van der Waals surface area (Å²) in [6, 6.07) is 9.27. The number of carboxylic acids is 1. The molecule has 2 aromatic rings. The van der Waals surface area contributed by atoms with Crippen LogP contribution in [0, 0.1) is 6.92 Å². The van der Waals surface area contributed by atoms with Gasteiger partial charge in [-0.25, -0.2) is 4.68 Å². The van der Waals surface area contributed by atoms with Gasteiger partial charge in [-0.15, -0.1) is 0 Å². The molecule has 27 heavy (non-hydrogen) atoms. The van der Waals surface area contributed by atoms with Crippen LogP contribution in [0.15, 0.2) is 36.5 Å². The molecule has 3 rings (SSSR count). The van der Waals surface area contributed by atoms with Crippen molar-refractivity contribution in [3.63, 3.8) is 0 Å². The second-order valence-electron chi connectivity index (χ2n) is 6.78. The van der Waals surface area contributed by atoms with E-state index in [-0.39, 0.29) is 18.6 Å². The quantitative estimate of drug-likeness (QED) is 0.815. The van der Waals surface area contributed by atoms with Crippen molar-refractivity contribution in [3.05, 3.63) is 47.8 Å². The van der Waals surface area contributed by atoms with Crippen molar-refractivity contribution in [2.75, 3.05) is 39.8 Å². The molecule has 1 unspecified atom stereocenters. The highest BCUT2D eigenvalue weighted by atomic mass is 16.5. The zero-order chi connectivity index (χ0) is 19.4. The zero-order valence-corrected chi connectivity index (χ0v) is 15.5. The second kappa shape index (κ2) is 8.32. The van der Waals surface area contributed by atoms with Gasteiger partial charge in [-0.2, -0.15) is 5.10 Å². The third-order valence-corrected chi connectivity index (χ3v) is 4.45. The minimum Gasteiger partial charge on any atom is -0.480 e. The van der Waals surface area contributed by atoms with Crippen LogP contribution in [0.5, 0.6) is 0 Å². The first-order valence-electron chi connectivity index (χ1n) is 8.86. The van der Waals surface area contributed by atoms with Crippen LogP contribution in [0.2, 0.25) is 0 Å². The minimum absolute atomic E-state index is 0.0487. The number of benzene rings is 1. The number of ether oxygens (including phenoxy) is 1. The fourth-order valence-corrected chi connectivity index (χ4v) is 3.16. The van der Waals surface area contributed by atoms with Crippen molar-refractivity contribution in [1.82, 2.24) is 19.6 Å². The fraction of sp³-hybridized carbons (Fsp3) is 0.421. The third kappa shape index (κ3) is 4.93. The van der Waals surface area contributed by atoms with Gasteiger partial charge in [0.25, 0.3) is 5.91 Å². The predicted molar refractivity (Wildman–Crippen MR) is 99.1 cm³/mol. The summed E-state index contributed by atoms with van der Waals surface area (Å²) in [6.45, 7) is 3.76. The van der Waals surface area contributed by atoms with E-state index >= 15 is 0 Å². The van der Waals surface area contributed by atoms with Gasteiger partial charge < -0.3 is 14.7 Å². The molecule has 2 heterocycles. The second-order valence-corrected chi connectivity index (χ2v) is 6.78. The first-order valence-corrected chi connectivity index (χ1v) is 8.86. The molecule has 1 atom stereocenters. The summed E-state index contributed by atoms with van der Waals surface area (Å²) in [6.07, 6.45) is 1.69. The van der Waals surface area contributed by atoms with E-state index in [9.17, 15) is 9.59 Å². The molecule has 1 amide bonds. The Bertz CT molecular complexity index is 802. The van der Waals surface area contributed by atoms with Crippen molar-refractivity contribution in [2.45, 2.75) is 13.0 Å². The molecule has 1 fully saturated rings. The zero-order valence-electron chi connectivity index (χ0n) is 15.5. The van der Waals surface area contributed by atoms with Gasteiger partial charge in [0.2, 0.25) is 0 Å². The molecule has 0 saturated carbocycles. The summed E-state index contributed by atoms with van der Waals surface area (Å²) in [5.74, 6) is -0.930. The molecule has 1 aromatic heterocycles. The van der Waals surface area contributed by atoms with Crippen molar-refractivity contribution >= 4 is 11.9 Å². The monoisotopic (exact) mass is 372 g/mol. The lowest BCUT2D eigenvalue weighted by molar-refractivity contribution is -0.138. The van der Waals surface area contributed by atoms with Crippen molar-refractivity contribution < 1.29 is 19.4 Å². The van der Waals surface area contributed by atoms with E-state index in [0.29, 0.717) is 31.8 Å². The van der Waals surface area contributed by atoms with Gasteiger partial charge in [0, 0.05) is 31.4 Å². The van der Waals surface area contributed by atoms with Crippen molar-refractivity contribution in [3.8, 4) is 5.69 Å². The Hall–Kier alpha value is -2.71. The van der Waals surface area contributed by atoms with Crippen LogP contribution in [0.1, 0.15) is 16.1 Å². The number of hydrogen-bond donors (Lipinski definition) is 1. The molecule has 1 aliphatic rings. The number of carbonyl (C=O) groups excluding carboxylic acids is 1. The first-order chi connectivity index (χ1) is 12.9. The van der Waals surface area contributed by atoms with Crippen LogP contribution in [-0.4, -0.2) is 82.5 Å². The highest BCUT2D eigenvalue weighted by Gasteiger charge is 2.26. The van der Waals surface area contributed by atoms with Gasteiger partial charge in [0.15, 0.2) is 0 Å². The number of carbonyl (C=O) groups is 2. The van der Waals surface area contributed by atoms with Gasteiger partial charge in [-0.1, -0.05) is 0 Å². The number of rotatable bonds is 6. The summed E-state index contributed by atoms with van der Waals surface area (Å²) in [5, 5.41) is 13.2. The maximum absolute atomic E-state index is 12.8. The lowest BCUT2D eigenvalue weighted by Crippen LogP contribution is -2.49. The molecule has 1 aromatic carbocycles. The van der Waals surface area contributed by atoms with E-state index in [1.165, 1.54) is 0 Å². The smallest absolute Gasteiger partial charge is 0.317 e. The van der Waals surface area contributed by atoms with Gasteiger partial charge in [0.05, 0.1) is 30.6 Å². The number of morpholine rings is 1.